The predicted octanol–water partition coefficient (Wildman–Crippen LogP) is 0.189. The molecule has 0 saturated carbocycles. The third kappa shape index (κ3) is 4.24. The number of aromatic amines is 2. The van der Waals surface area contributed by atoms with E-state index in [-0.39, 0.29) is 24.5 Å². The van der Waals surface area contributed by atoms with Crippen LogP contribution in [0.4, 0.5) is 0 Å². The molecule has 1 aromatic heterocycles. The van der Waals surface area contributed by atoms with Crippen molar-refractivity contribution in [2.45, 2.75) is 25.9 Å². The minimum atomic E-state index is -0.437. The summed E-state index contributed by atoms with van der Waals surface area (Å²) in [7, 11) is 0. The summed E-state index contributed by atoms with van der Waals surface area (Å²) in [4.78, 5) is 37.1. The molecule has 2 heterocycles. The second kappa shape index (κ2) is 7.48. The van der Waals surface area contributed by atoms with Gasteiger partial charge in [-0.2, -0.15) is 0 Å². The highest BCUT2D eigenvalue weighted by Crippen LogP contribution is 2.21. The van der Waals surface area contributed by atoms with Gasteiger partial charge < -0.3 is 10.0 Å². The van der Waals surface area contributed by atoms with E-state index in [9.17, 15) is 14.4 Å². The Labute approximate surface area is 144 Å². The van der Waals surface area contributed by atoms with Gasteiger partial charge in [-0.1, -0.05) is 24.3 Å². The number of H-pyrrole nitrogens is 2. The number of aliphatic hydroxyl groups is 1. The van der Waals surface area contributed by atoms with Crippen LogP contribution in [-0.2, 0) is 24.2 Å². The van der Waals surface area contributed by atoms with Crippen LogP contribution in [0.3, 0.4) is 0 Å². The SMILES string of the molecule is O=C(Cc1cc(=O)[nH][nH]c1=O)N1CCC(Cc2ccc(CO)cc2)C1. The number of rotatable bonds is 5. The van der Waals surface area contributed by atoms with Gasteiger partial charge in [0, 0.05) is 24.7 Å². The number of aliphatic hydroxyl groups excluding tert-OH is 1. The molecule has 0 aliphatic carbocycles. The quantitative estimate of drug-likeness (QED) is 0.720. The lowest BCUT2D eigenvalue weighted by Crippen LogP contribution is -2.33. The standard InChI is InChI=1S/C18H21N3O4/c22-11-13-3-1-12(2-4-13)7-14-5-6-21(10-14)17(24)9-15-8-16(23)19-20-18(15)25/h1-4,8,14,22H,5-7,9-11H2,(H,19,23)(H,20,25). The van der Waals surface area contributed by atoms with E-state index in [0.717, 1.165) is 18.4 Å². The predicted molar refractivity (Wildman–Crippen MR) is 92.1 cm³/mol. The first-order valence-electron chi connectivity index (χ1n) is 8.32. The van der Waals surface area contributed by atoms with Crippen LogP contribution < -0.4 is 11.1 Å². The molecular formula is C18H21N3O4. The number of amides is 1. The minimum absolute atomic E-state index is 0.0352. The van der Waals surface area contributed by atoms with Crippen LogP contribution in [-0.4, -0.2) is 39.2 Å². The largest absolute Gasteiger partial charge is 0.392 e. The van der Waals surface area contributed by atoms with Crippen LogP contribution in [0.5, 0.6) is 0 Å². The number of carbonyl (C=O) groups excluding carboxylic acids is 1. The fourth-order valence-electron chi connectivity index (χ4n) is 3.20. The van der Waals surface area contributed by atoms with E-state index in [1.54, 1.807) is 4.90 Å². The van der Waals surface area contributed by atoms with Gasteiger partial charge in [-0.05, 0) is 29.9 Å². The van der Waals surface area contributed by atoms with E-state index in [1.165, 1.54) is 11.6 Å². The minimum Gasteiger partial charge on any atom is -0.392 e. The number of hydrogen-bond acceptors (Lipinski definition) is 4. The first-order valence-corrected chi connectivity index (χ1v) is 8.32. The molecule has 1 saturated heterocycles. The normalized spacial score (nSPS) is 17.0. The van der Waals surface area contributed by atoms with Crippen LogP contribution in [0.15, 0.2) is 39.9 Å². The van der Waals surface area contributed by atoms with Gasteiger partial charge in [0.25, 0.3) is 11.1 Å². The first kappa shape index (κ1) is 17.2. The number of likely N-dealkylation sites (tertiary alicyclic amines) is 1. The summed E-state index contributed by atoms with van der Waals surface area (Å²) in [5, 5.41) is 13.5. The molecule has 1 aliphatic rings. The summed E-state index contributed by atoms with van der Waals surface area (Å²) in [6, 6.07) is 9.00. The number of aromatic nitrogens is 2. The fourth-order valence-corrected chi connectivity index (χ4v) is 3.20. The second-order valence-electron chi connectivity index (χ2n) is 6.46. The topological polar surface area (TPSA) is 106 Å². The molecule has 1 fully saturated rings. The lowest BCUT2D eigenvalue weighted by Gasteiger charge is -2.16. The molecule has 1 aromatic carbocycles. The first-order chi connectivity index (χ1) is 12.0. The summed E-state index contributed by atoms with van der Waals surface area (Å²) in [5.41, 5.74) is 1.40. The summed E-state index contributed by atoms with van der Waals surface area (Å²) in [6.45, 7) is 1.36. The number of nitrogens with zero attached hydrogens (tertiary/aromatic N) is 1. The van der Waals surface area contributed by atoms with E-state index < -0.39 is 11.1 Å². The highest BCUT2D eigenvalue weighted by atomic mass is 16.3. The van der Waals surface area contributed by atoms with Crippen molar-refractivity contribution >= 4 is 5.91 Å². The van der Waals surface area contributed by atoms with E-state index in [2.05, 4.69) is 10.2 Å². The van der Waals surface area contributed by atoms with E-state index in [0.29, 0.717) is 19.0 Å². The lowest BCUT2D eigenvalue weighted by molar-refractivity contribution is -0.129. The molecule has 0 spiro atoms. The van der Waals surface area contributed by atoms with Gasteiger partial charge in [0.2, 0.25) is 5.91 Å². The van der Waals surface area contributed by atoms with Gasteiger partial charge in [0.15, 0.2) is 0 Å². The Balaban J connectivity index is 1.58. The van der Waals surface area contributed by atoms with E-state index in [1.807, 2.05) is 24.3 Å². The van der Waals surface area contributed by atoms with Gasteiger partial charge in [-0.15, -0.1) is 0 Å². The fraction of sp³-hybridized carbons (Fsp3) is 0.389. The van der Waals surface area contributed by atoms with Crippen LogP contribution in [0, 0.1) is 5.92 Å². The number of carbonyl (C=O) groups is 1. The maximum absolute atomic E-state index is 12.4. The molecular weight excluding hydrogens is 322 g/mol. The molecule has 3 N–H and O–H groups in total. The number of benzene rings is 1. The third-order valence-electron chi connectivity index (χ3n) is 4.61. The molecule has 0 bridgehead atoms. The molecule has 1 aliphatic heterocycles. The van der Waals surface area contributed by atoms with Crippen molar-refractivity contribution in [2.24, 2.45) is 5.92 Å². The van der Waals surface area contributed by atoms with Crippen molar-refractivity contribution < 1.29 is 9.90 Å². The molecule has 132 valence electrons. The van der Waals surface area contributed by atoms with Crippen LogP contribution in [0.1, 0.15) is 23.1 Å². The Kier molecular flexibility index (Phi) is 5.14. The number of nitrogens with one attached hydrogen (secondary N) is 2. The zero-order valence-electron chi connectivity index (χ0n) is 13.8. The average molecular weight is 343 g/mol. The van der Waals surface area contributed by atoms with Crippen LogP contribution in [0.2, 0.25) is 0 Å². The lowest BCUT2D eigenvalue weighted by atomic mass is 9.98. The zero-order valence-corrected chi connectivity index (χ0v) is 13.8. The zero-order chi connectivity index (χ0) is 17.8. The monoisotopic (exact) mass is 343 g/mol. The van der Waals surface area contributed by atoms with Gasteiger partial charge in [0.05, 0.1) is 13.0 Å². The Hall–Kier alpha value is -2.67. The third-order valence-corrected chi connectivity index (χ3v) is 4.61. The smallest absolute Gasteiger partial charge is 0.266 e. The second-order valence-corrected chi connectivity index (χ2v) is 6.46. The highest BCUT2D eigenvalue weighted by molar-refractivity contribution is 5.78. The maximum Gasteiger partial charge on any atom is 0.266 e. The molecule has 1 amide bonds. The van der Waals surface area contributed by atoms with Gasteiger partial charge in [-0.25, -0.2) is 0 Å². The average Bonchev–Trinajstić information content (AvgIpc) is 3.07. The Morgan fingerprint density at radius 3 is 2.60 bits per heavy atom. The van der Waals surface area contributed by atoms with Crippen molar-refractivity contribution in [2.75, 3.05) is 13.1 Å². The Morgan fingerprint density at radius 1 is 1.16 bits per heavy atom. The molecule has 1 unspecified atom stereocenters. The molecule has 2 aromatic rings. The molecule has 3 rings (SSSR count). The van der Waals surface area contributed by atoms with Gasteiger partial charge in [-0.3, -0.25) is 24.6 Å². The molecule has 7 heteroatoms. The Bertz CT molecular complexity index is 854. The molecule has 7 nitrogen and oxygen atoms in total. The molecule has 1 atom stereocenters. The summed E-state index contributed by atoms with van der Waals surface area (Å²) >= 11 is 0. The van der Waals surface area contributed by atoms with Gasteiger partial charge >= 0.3 is 0 Å². The molecule has 0 radical (unpaired) electrons. The van der Waals surface area contributed by atoms with Crippen molar-refractivity contribution in [1.82, 2.24) is 15.1 Å². The highest BCUT2D eigenvalue weighted by Gasteiger charge is 2.26. The maximum atomic E-state index is 12.4. The Morgan fingerprint density at radius 2 is 1.88 bits per heavy atom. The van der Waals surface area contributed by atoms with Crippen molar-refractivity contribution in [1.29, 1.82) is 0 Å². The summed E-state index contributed by atoms with van der Waals surface area (Å²) in [5.74, 6) is 0.246. The van der Waals surface area contributed by atoms with E-state index in [4.69, 9.17) is 5.11 Å². The van der Waals surface area contributed by atoms with Crippen molar-refractivity contribution in [3.63, 3.8) is 0 Å². The van der Waals surface area contributed by atoms with E-state index >= 15 is 0 Å². The van der Waals surface area contributed by atoms with Crippen molar-refractivity contribution in [3.05, 3.63) is 67.7 Å². The van der Waals surface area contributed by atoms with Crippen molar-refractivity contribution in [3.8, 4) is 0 Å². The molecule has 25 heavy (non-hydrogen) atoms. The van der Waals surface area contributed by atoms with Crippen LogP contribution >= 0.6 is 0 Å². The summed E-state index contributed by atoms with van der Waals surface area (Å²) in [6.07, 6.45) is 1.73. The number of hydrogen-bond donors (Lipinski definition) is 3. The summed E-state index contributed by atoms with van der Waals surface area (Å²) < 4.78 is 0. The van der Waals surface area contributed by atoms with Gasteiger partial charge in [0.1, 0.15) is 0 Å². The van der Waals surface area contributed by atoms with Crippen LogP contribution in [0.25, 0.3) is 0 Å².